The minimum Gasteiger partial charge on any atom is -0.480 e. The van der Waals surface area contributed by atoms with Gasteiger partial charge in [-0.15, -0.1) is 0 Å². The van der Waals surface area contributed by atoms with Crippen molar-refractivity contribution >= 4 is 48.1 Å². The summed E-state index contributed by atoms with van der Waals surface area (Å²) in [5.74, 6) is -5.83. The van der Waals surface area contributed by atoms with Crippen molar-refractivity contribution in [3.05, 3.63) is 0 Å². The van der Waals surface area contributed by atoms with Crippen LogP contribution in [0.2, 0.25) is 0 Å². The summed E-state index contributed by atoms with van der Waals surface area (Å²) in [6.45, 7) is 0.449. The van der Waals surface area contributed by atoms with Gasteiger partial charge in [0.15, 0.2) is 0 Å². The predicted molar refractivity (Wildman–Crippen MR) is 120 cm³/mol. The Bertz CT molecular complexity index is 722. The quantitative estimate of drug-likeness (QED) is 0.0708. The van der Waals surface area contributed by atoms with E-state index in [9.17, 15) is 33.9 Å². The molecular weight excluding hydrogens is 458 g/mol. The first-order valence-electron chi connectivity index (χ1n) is 10.2. The summed E-state index contributed by atoms with van der Waals surface area (Å²) >= 11 is 4.01. The van der Waals surface area contributed by atoms with Crippen molar-refractivity contribution in [3.63, 3.8) is 0 Å². The van der Waals surface area contributed by atoms with Crippen LogP contribution in [0.5, 0.6) is 0 Å². The van der Waals surface area contributed by atoms with Crippen LogP contribution in [0, 0.1) is 0 Å². The zero-order valence-electron chi connectivity index (χ0n) is 18.1. The molecule has 5 amide bonds. The number of primary amides is 2. The fourth-order valence-electron chi connectivity index (χ4n) is 2.61. The smallest absolute Gasteiger partial charge is 0.326 e. The molecule has 15 heteroatoms. The summed E-state index contributed by atoms with van der Waals surface area (Å²) in [7, 11) is 0. The first-order chi connectivity index (χ1) is 15.4. The van der Waals surface area contributed by atoms with Crippen molar-refractivity contribution in [3.8, 4) is 0 Å². The van der Waals surface area contributed by atoms with Gasteiger partial charge in [-0.1, -0.05) is 6.42 Å². The second-order valence-electron chi connectivity index (χ2n) is 7.27. The second kappa shape index (κ2) is 15.8. The van der Waals surface area contributed by atoms with E-state index in [1.807, 2.05) is 0 Å². The third-order valence-electron chi connectivity index (χ3n) is 4.45. The number of nitrogens with two attached hydrogens (primary N) is 4. The Hall–Kier alpha value is -2.91. The van der Waals surface area contributed by atoms with Crippen molar-refractivity contribution < 1.29 is 33.9 Å². The fraction of sp³-hybridized carbons (Fsp3) is 0.667. The van der Waals surface area contributed by atoms with Gasteiger partial charge in [0.2, 0.25) is 29.5 Å². The van der Waals surface area contributed by atoms with Crippen LogP contribution >= 0.6 is 12.6 Å². The molecule has 0 spiro atoms. The molecule has 0 radical (unpaired) electrons. The van der Waals surface area contributed by atoms with Crippen molar-refractivity contribution in [2.45, 2.75) is 62.7 Å². The largest absolute Gasteiger partial charge is 0.480 e. The molecule has 0 heterocycles. The average molecular weight is 492 g/mol. The number of carbonyl (C=O) groups is 6. The van der Waals surface area contributed by atoms with Gasteiger partial charge in [0.05, 0.1) is 12.5 Å². The lowest BCUT2D eigenvalue weighted by Crippen LogP contribution is -2.58. The standard InChI is InChI=1S/C18H33N7O7S/c19-6-2-1-3-9(20)15(28)25-12(8-33)17(30)24-11(7-14(22)27)16(29)23-10(18(31)32)4-5-13(21)26/h9-12,33H,1-8,19-20H2,(H2,21,26)(H2,22,27)(H,23,29)(H,24,30)(H,25,28)(H,31,32). The van der Waals surface area contributed by atoms with E-state index in [1.54, 1.807) is 0 Å². The molecule has 0 bridgehead atoms. The molecule has 0 saturated carbocycles. The summed E-state index contributed by atoms with van der Waals surface area (Å²) in [6, 6.07) is -5.13. The Morgan fingerprint density at radius 2 is 1.33 bits per heavy atom. The van der Waals surface area contributed by atoms with Crippen LogP contribution in [0.4, 0.5) is 0 Å². The van der Waals surface area contributed by atoms with E-state index in [-0.39, 0.29) is 18.6 Å². The fourth-order valence-corrected chi connectivity index (χ4v) is 2.87. The van der Waals surface area contributed by atoms with Crippen LogP contribution in [0.1, 0.15) is 38.5 Å². The minimum atomic E-state index is -1.54. The Morgan fingerprint density at radius 1 is 0.788 bits per heavy atom. The molecular formula is C18H33N7O7S. The number of rotatable bonds is 17. The van der Waals surface area contributed by atoms with Crippen LogP contribution in [0.3, 0.4) is 0 Å². The lowest BCUT2D eigenvalue weighted by molar-refractivity contribution is -0.142. The van der Waals surface area contributed by atoms with Crippen molar-refractivity contribution in [2.75, 3.05) is 12.3 Å². The number of nitrogens with one attached hydrogen (secondary N) is 3. The average Bonchev–Trinajstić information content (AvgIpc) is 2.73. The zero-order chi connectivity index (χ0) is 25.6. The zero-order valence-corrected chi connectivity index (χ0v) is 19.0. The number of amides is 5. The van der Waals surface area contributed by atoms with Gasteiger partial charge >= 0.3 is 5.97 Å². The highest BCUT2D eigenvalue weighted by Crippen LogP contribution is 2.03. The van der Waals surface area contributed by atoms with Gasteiger partial charge in [0.25, 0.3) is 0 Å². The lowest BCUT2D eigenvalue weighted by Gasteiger charge is -2.24. The molecule has 33 heavy (non-hydrogen) atoms. The number of aliphatic carboxylic acids is 1. The molecule has 14 nitrogen and oxygen atoms in total. The predicted octanol–water partition coefficient (Wildman–Crippen LogP) is -3.95. The van der Waals surface area contributed by atoms with Crippen molar-refractivity contribution in [1.82, 2.24) is 16.0 Å². The summed E-state index contributed by atoms with van der Waals surface area (Å²) in [5.41, 5.74) is 21.3. The molecule has 0 rings (SSSR count). The Labute approximate surface area is 196 Å². The summed E-state index contributed by atoms with van der Waals surface area (Å²) in [6.07, 6.45) is 0.376. The van der Waals surface area contributed by atoms with Crippen molar-refractivity contribution in [1.29, 1.82) is 0 Å². The van der Waals surface area contributed by atoms with Crippen LogP contribution in [0.15, 0.2) is 0 Å². The van der Waals surface area contributed by atoms with Gasteiger partial charge in [0.1, 0.15) is 18.1 Å². The normalized spacial score (nSPS) is 14.3. The lowest BCUT2D eigenvalue weighted by atomic mass is 10.1. The van der Waals surface area contributed by atoms with E-state index in [4.69, 9.17) is 22.9 Å². The first-order valence-corrected chi connectivity index (χ1v) is 10.8. The molecule has 0 aromatic carbocycles. The van der Waals surface area contributed by atoms with E-state index in [2.05, 4.69) is 28.6 Å². The Kier molecular flexibility index (Phi) is 14.4. The molecule has 188 valence electrons. The van der Waals surface area contributed by atoms with Crippen molar-refractivity contribution in [2.24, 2.45) is 22.9 Å². The maximum absolute atomic E-state index is 12.6. The van der Waals surface area contributed by atoms with E-state index in [0.717, 1.165) is 0 Å². The molecule has 0 aliphatic heterocycles. The van der Waals surface area contributed by atoms with E-state index in [1.165, 1.54) is 0 Å². The van der Waals surface area contributed by atoms with E-state index >= 15 is 0 Å². The summed E-state index contributed by atoms with van der Waals surface area (Å²) in [5, 5.41) is 16.0. The Balaban J connectivity index is 5.21. The molecule has 0 saturated heterocycles. The summed E-state index contributed by atoms with van der Waals surface area (Å²) in [4.78, 5) is 70.9. The van der Waals surface area contributed by atoms with Gasteiger partial charge in [0, 0.05) is 12.2 Å². The first kappa shape index (κ1) is 30.1. The van der Waals surface area contributed by atoms with Gasteiger partial charge in [-0.05, 0) is 25.8 Å². The number of unbranched alkanes of at least 4 members (excludes halogenated alkanes) is 1. The molecule has 0 aromatic heterocycles. The number of carboxylic acid groups (broad SMARTS) is 1. The Morgan fingerprint density at radius 3 is 1.82 bits per heavy atom. The number of hydrogen-bond donors (Lipinski definition) is 9. The molecule has 0 aliphatic carbocycles. The minimum absolute atomic E-state index is 0.158. The SMILES string of the molecule is NCCCCC(N)C(=O)NC(CS)C(=O)NC(CC(N)=O)C(=O)NC(CCC(N)=O)C(=O)O. The monoisotopic (exact) mass is 491 g/mol. The third-order valence-corrected chi connectivity index (χ3v) is 4.82. The van der Waals surface area contributed by atoms with Gasteiger partial charge in [-0.3, -0.25) is 24.0 Å². The van der Waals surface area contributed by atoms with Crippen LogP contribution in [0.25, 0.3) is 0 Å². The number of carboxylic acids is 1. The molecule has 12 N–H and O–H groups in total. The van der Waals surface area contributed by atoms with Crippen LogP contribution in [-0.2, 0) is 28.8 Å². The third kappa shape index (κ3) is 12.6. The second-order valence-corrected chi connectivity index (χ2v) is 7.64. The highest BCUT2D eigenvalue weighted by atomic mass is 32.1. The van der Waals surface area contributed by atoms with E-state index < -0.39 is 66.1 Å². The van der Waals surface area contributed by atoms with E-state index in [0.29, 0.717) is 25.8 Å². The van der Waals surface area contributed by atoms with Gasteiger partial charge < -0.3 is 44.0 Å². The number of thiol groups is 1. The summed E-state index contributed by atoms with van der Waals surface area (Å²) < 4.78 is 0. The number of hydrogen-bond acceptors (Lipinski definition) is 9. The highest BCUT2D eigenvalue weighted by molar-refractivity contribution is 7.80. The maximum atomic E-state index is 12.6. The molecule has 0 aliphatic rings. The molecule has 0 aromatic rings. The molecule has 4 atom stereocenters. The topological polar surface area (TPSA) is 263 Å². The molecule has 4 unspecified atom stereocenters. The van der Waals surface area contributed by atoms with Gasteiger partial charge in [-0.25, -0.2) is 4.79 Å². The highest BCUT2D eigenvalue weighted by Gasteiger charge is 2.30. The maximum Gasteiger partial charge on any atom is 0.326 e. The molecule has 0 fully saturated rings. The van der Waals surface area contributed by atoms with Gasteiger partial charge in [-0.2, -0.15) is 12.6 Å². The van der Waals surface area contributed by atoms with Crippen LogP contribution in [-0.4, -0.2) is 77.1 Å². The number of carbonyl (C=O) groups excluding carboxylic acids is 5. The van der Waals surface area contributed by atoms with Crippen LogP contribution < -0.4 is 38.9 Å².